The number of benzene rings is 2. The van der Waals surface area contributed by atoms with Gasteiger partial charge in [0.2, 0.25) is 5.96 Å². The molecular formula is C26H34N6O. The lowest BCUT2D eigenvalue weighted by molar-refractivity contribution is 0.0977. The standard InChI is InChI=1S/C26H34N6O/c1-6-14-32-18-22(19(3)30-32)17-27-26(28-23-12-8-10-20(7-2)15-23)29-25(33)21-11-9-13-24(16-21)31(4)5/h8-13,15-16,18H,6-7,14,17H2,1-5H3,(H2,27,28,29,33). The van der Waals surface area contributed by atoms with Crippen molar-refractivity contribution < 1.29 is 4.79 Å². The zero-order valence-electron chi connectivity index (χ0n) is 20.2. The van der Waals surface area contributed by atoms with Crippen LogP contribution in [0.15, 0.2) is 59.7 Å². The monoisotopic (exact) mass is 446 g/mol. The maximum Gasteiger partial charge on any atom is 0.258 e. The molecule has 3 rings (SSSR count). The summed E-state index contributed by atoms with van der Waals surface area (Å²) in [5.41, 5.74) is 5.61. The van der Waals surface area contributed by atoms with Crippen molar-refractivity contribution in [1.29, 1.82) is 0 Å². The first-order valence-electron chi connectivity index (χ1n) is 11.4. The van der Waals surface area contributed by atoms with Crippen molar-refractivity contribution in [1.82, 2.24) is 15.1 Å². The van der Waals surface area contributed by atoms with E-state index in [0.717, 1.165) is 42.0 Å². The minimum absolute atomic E-state index is 0.213. The van der Waals surface area contributed by atoms with Gasteiger partial charge in [0.25, 0.3) is 5.91 Å². The van der Waals surface area contributed by atoms with E-state index in [4.69, 9.17) is 4.99 Å². The second kappa shape index (κ2) is 11.3. The van der Waals surface area contributed by atoms with Crippen molar-refractivity contribution in [2.45, 2.75) is 46.7 Å². The molecule has 0 saturated heterocycles. The Bertz CT molecular complexity index is 1120. The number of guanidine groups is 1. The molecule has 7 nitrogen and oxygen atoms in total. The number of aromatic nitrogens is 2. The molecule has 33 heavy (non-hydrogen) atoms. The summed E-state index contributed by atoms with van der Waals surface area (Å²) in [7, 11) is 3.90. The summed E-state index contributed by atoms with van der Waals surface area (Å²) >= 11 is 0. The van der Waals surface area contributed by atoms with E-state index in [1.54, 1.807) is 6.07 Å². The van der Waals surface area contributed by atoms with E-state index in [1.807, 2.05) is 67.1 Å². The molecule has 0 saturated carbocycles. The topological polar surface area (TPSA) is 74.6 Å². The molecule has 2 aromatic carbocycles. The third kappa shape index (κ3) is 6.68. The maximum absolute atomic E-state index is 13.0. The number of nitrogens with zero attached hydrogens (tertiary/aromatic N) is 4. The second-order valence-electron chi connectivity index (χ2n) is 8.25. The summed E-state index contributed by atoms with van der Waals surface area (Å²) in [6.45, 7) is 7.52. The lowest BCUT2D eigenvalue weighted by atomic mass is 10.1. The number of hydrogen-bond donors (Lipinski definition) is 2. The quantitative estimate of drug-likeness (QED) is 0.391. The average molecular weight is 447 g/mol. The Hall–Kier alpha value is -3.61. The summed E-state index contributed by atoms with van der Waals surface area (Å²) in [4.78, 5) is 19.7. The van der Waals surface area contributed by atoms with Crippen molar-refractivity contribution in [3.8, 4) is 0 Å². The molecule has 0 spiro atoms. The number of nitrogens with one attached hydrogen (secondary N) is 2. The van der Waals surface area contributed by atoms with Crippen molar-refractivity contribution >= 4 is 23.2 Å². The van der Waals surface area contributed by atoms with Crippen molar-refractivity contribution in [3.63, 3.8) is 0 Å². The van der Waals surface area contributed by atoms with Gasteiger partial charge in [-0.05, 0) is 55.7 Å². The fraction of sp³-hybridized carbons (Fsp3) is 0.346. The number of anilines is 2. The Morgan fingerprint density at radius 2 is 1.91 bits per heavy atom. The van der Waals surface area contributed by atoms with Gasteiger partial charge in [0.05, 0.1) is 12.2 Å². The largest absolute Gasteiger partial charge is 0.378 e. The molecule has 1 amide bonds. The van der Waals surface area contributed by atoms with Gasteiger partial charge < -0.3 is 10.2 Å². The predicted octanol–water partition coefficient (Wildman–Crippen LogP) is 4.63. The van der Waals surface area contributed by atoms with Gasteiger partial charge in [0.15, 0.2) is 0 Å². The average Bonchev–Trinajstić information content (AvgIpc) is 3.16. The lowest BCUT2D eigenvalue weighted by Crippen LogP contribution is -2.36. The summed E-state index contributed by atoms with van der Waals surface area (Å²) in [6.07, 6.45) is 3.98. The van der Waals surface area contributed by atoms with Crippen molar-refractivity contribution in [2.75, 3.05) is 24.3 Å². The van der Waals surface area contributed by atoms with E-state index in [2.05, 4.69) is 41.7 Å². The summed E-state index contributed by atoms with van der Waals surface area (Å²) in [6, 6.07) is 15.6. The minimum atomic E-state index is -0.213. The van der Waals surface area contributed by atoms with Gasteiger partial charge in [-0.25, -0.2) is 4.99 Å². The maximum atomic E-state index is 13.0. The van der Waals surface area contributed by atoms with E-state index in [-0.39, 0.29) is 5.91 Å². The Balaban J connectivity index is 1.85. The van der Waals surface area contributed by atoms with Crippen LogP contribution in [-0.4, -0.2) is 35.7 Å². The third-order valence-corrected chi connectivity index (χ3v) is 5.36. The first-order chi connectivity index (χ1) is 15.9. The van der Waals surface area contributed by atoms with Crippen LogP contribution in [0.25, 0.3) is 0 Å². The Morgan fingerprint density at radius 3 is 2.64 bits per heavy atom. The first kappa shape index (κ1) is 24.0. The van der Waals surface area contributed by atoms with Gasteiger partial charge in [-0.1, -0.05) is 32.0 Å². The van der Waals surface area contributed by atoms with Gasteiger partial charge in [-0.3, -0.25) is 14.8 Å². The highest BCUT2D eigenvalue weighted by atomic mass is 16.1. The Labute approximate surface area is 196 Å². The lowest BCUT2D eigenvalue weighted by Gasteiger charge is -2.15. The second-order valence-corrected chi connectivity index (χ2v) is 8.25. The molecule has 2 N–H and O–H groups in total. The molecule has 0 unspecified atom stereocenters. The number of aliphatic imine (C=N–C) groups is 1. The Morgan fingerprint density at radius 1 is 1.12 bits per heavy atom. The fourth-order valence-corrected chi connectivity index (χ4v) is 3.44. The van der Waals surface area contributed by atoms with Crippen LogP contribution in [0.3, 0.4) is 0 Å². The number of amides is 1. The van der Waals surface area contributed by atoms with E-state index in [9.17, 15) is 4.79 Å². The smallest absolute Gasteiger partial charge is 0.258 e. The molecule has 0 bridgehead atoms. The minimum Gasteiger partial charge on any atom is -0.378 e. The molecule has 0 fully saturated rings. The summed E-state index contributed by atoms with van der Waals surface area (Å²) in [5, 5.41) is 10.8. The molecule has 0 radical (unpaired) electrons. The normalized spacial score (nSPS) is 11.4. The molecule has 0 aliphatic heterocycles. The van der Waals surface area contributed by atoms with Gasteiger partial charge in [0.1, 0.15) is 0 Å². The molecule has 0 aliphatic rings. The van der Waals surface area contributed by atoms with Gasteiger partial charge >= 0.3 is 0 Å². The first-order valence-corrected chi connectivity index (χ1v) is 11.4. The molecule has 1 aromatic heterocycles. The van der Waals surface area contributed by atoms with E-state index >= 15 is 0 Å². The van der Waals surface area contributed by atoms with Gasteiger partial charge in [-0.2, -0.15) is 5.10 Å². The van der Waals surface area contributed by atoms with Gasteiger partial charge in [-0.15, -0.1) is 0 Å². The molecule has 7 heteroatoms. The van der Waals surface area contributed by atoms with Crippen LogP contribution in [0.4, 0.5) is 11.4 Å². The van der Waals surface area contributed by atoms with E-state index < -0.39 is 0 Å². The van der Waals surface area contributed by atoms with E-state index in [0.29, 0.717) is 18.1 Å². The Kier molecular flexibility index (Phi) is 8.24. The van der Waals surface area contributed by atoms with Crippen LogP contribution < -0.4 is 15.5 Å². The SMILES string of the molecule is CCCn1cc(CN=C(NC(=O)c2cccc(N(C)C)c2)Nc2cccc(CC)c2)c(C)n1. The zero-order chi connectivity index (χ0) is 23.8. The van der Waals surface area contributed by atoms with Crippen LogP contribution in [0.1, 0.15) is 47.4 Å². The highest BCUT2D eigenvalue weighted by molar-refractivity contribution is 6.10. The van der Waals surface area contributed by atoms with E-state index in [1.165, 1.54) is 5.56 Å². The van der Waals surface area contributed by atoms with Crippen LogP contribution >= 0.6 is 0 Å². The van der Waals surface area contributed by atoms with Crippen LogP contribution in [0.5, 0.6) is 0 Å². The summed E-state index contributed by atoms with van der Waals surface area (Å²) < 4.78 is 1.95. The van der Waals surface area contributed by atoms with Crippen molar-refractivity contribution in [3.05, 3.63) is 77.1 Å². The molecular weight excluding hydrogens is 412 g/mol. The highest BCUT2D eigenvalue weighted by Crippen LogP contribution is 2.15. The number of rotatable bonds is 8. The molecule has 174 valence electrons. The molecule has 0 aliphatic carbocycles. The van der Waals surface area contributed by atoms with Crippen molar-refractivity contribution in [2.24, 2.45) is 4.99 Å². The number of carbonyl (C=O) groups excluding carboxylic acids is 1. The number of carbonyl (C=O) groups is 1. The highest BCUT2D eigenvalue weighted by Gasteiger charge is 2.12. The van der Waals surface area contributed by atoms with Crippen LogP contribution in [0, 0.1) is 6.92 Å². The molecule has 0 atom stereocenters. The number of hydrogen-bond acceptors (Lipinski definition) is 4. The van der Waals surface area contributed by atoms with Crippen LogP contribution in [-0.2, 0) is 19.5 Å². The summed E-state index contributed by atoms with van der Waals surface area (Å²) in [5.74, 6) is 0.196. The predicted molar refractivity (Wildman–Crippen MR) is 136 cm³/mol. The van der Waals surface area contributed by atoms with Gasteiger partial charge in [0, 0.05) is 49.3 Å². The number of aryl methyl sites for hydroxylation is 3. The third-order valence-electron chi connectivity index (χ3n) is 5.36. The fourth-order valence-electron chi connectivity index (χ4n) is 3.44. The zero-order valence-corrected chi connectivity index (χ0v) is 20.2. The van der Waals surface area contributed by atoms with Crippen LogP contribution in [0.2, 0.25) is 0 Å². The molecule has 3 aromatic rings. The molecule has 1 heterocycles.